The Labute approximate surface area is 148 Å². The summed E-state index contributed by atoms with van der Waals surface area (Å²) in [6, 6.07) is 0. The van der Waals surface area contributed by atoms with Crippen molar-refractivity contribution in [3.8, 4) is 0 Å². The van der Waals surface area contributed by atoms with E-state index in [0.29, 0.717) is 22.9 Å². The highest BCUT2D eigenvalue weighted by molar-refractivity contribution is 8.00. The van der Waals surface area contributed by atoms with Crippen LogP contribution in [-0.4, -0.2) is 37.4 Å². The van der Waals surface area contributed by atoms with Gasteiger partial charge in [-0.1, -0.05) is 18.7 Å². The molecule has 25 heavy (non-hydrogen) atoms. The van der Waals surface area contributed by atoms with Gasteiger partial charge in [-0.15, -0.1) is 0 Å². The summed E-state index contributed by atoms with van der Waals surface area (Å²) in [5, 5.41) is 0.221. The number of hydrogen-bond acceptors (Lipinski definition) is 7. The van der Waals surface area contributed by atoms with Crippen LogP contribution in [0.1, 0.15) is 37.9 Å². The molecule has 0 amide bonds. The van der Waals surface area contributed by atoms with E-state index < -0.39 is 16.5 Å². The molecule has 9 heteroatoms. The normalized spacial score (nSPS) is 15.4. The Kier molecular flexibility index (Phi) is 4.68. The third-order valence-electron chi connectivity index (χ3n) is 4.32. The molecule has 0 aliphatic heterocycles. The summed E-state index contributed by atoms with van der Waals surface area (Å²) in [4.78, 5) is 45.9. The monoisotopic (exact) mass is 364 g/mol. The first-order chi connectivity index (χ1) is 11.9. The second kappa shape index (κ2) is 6.62. The van der Waals surface area contributed by atoms with E-state index in [2.05, 4.69) is 9.97 Å². The average molecular weight is 364 g/mol. The number of esters is 1. The highest BCUT2D eigenvalue weighted by atomic mass is 32.2. The smallest absolute Gasteiger partial charge is 0.332 e. The molecule has 0 saturated heterocycles. The Bertz CT molecular complexity index is 961. The van der Waals surface area contributed by atoms with Crippen molar-refractivity contribution >= 4 is 28.8 Å². The first kappa shape index (κ1) is 17.7. The maximum atomic E-state index is 12.7. The molecule has 0 radical (unpaired) electrons. The molecular weight excluding hydrogens is 344 g/mol. The van der Waals surface area contributed by atoms with Gasteiger partial charge >= 0.3 is 11.7 Å². The Morgan fingerprint density at radius 2 is 1.96 bits per heavy atom. The van der Waals surface area contributed by atoms with Crippen LogP contribution in [-0.2, 0) is 23.6 Å². The average Bonchev–Trinajstić information content (AvgIpc) is 3.46. The Hall–Kier alpha value is -2.16. The first-order valence-electron chi connectivity index (χ1n) is 8.11. The van der Waals surface area contributed by atoms with Crippen LogP contribution in [0.2, 0.25) is 0 Å². The molecule has 8 nitrogen and oxygen atoms in total. The number of aryl methyl sites for hydroxylation is 1. The summed E-state index contributed by atoms with van der Waals surface area (Å²) in [5.74, 6) is 0.507. The molecule has 1 atom stereocenters. The maximum absolute atomic E-state index is 12.7. The lowest BCUT2D eigenvalue weighted by Gasteiger charge is -2.15. The van der Waals surface area contributed by atoms with Gasteiger partial charge in [0, 0.05) is 20.0 Å². The van der Waals surface area contributed by atoms with Gasteiger partial charge < -0.3 is 4.74 Å². The van der Waals surface area contributed by atoms with Crippen LogP contribution in [0, 0.1) is 0 Å². The second-order valence-electron chi connectivity index (χ2n) is 6.10. The van der Waals surface area contributed by atoms with E-state index >= 15 is 0 Å². The fourth-order valence-electron chi connectivity index (χ4n) is 2.62. The van der Waals surface area contributed by atoms with Gasteiger partial charge in [0.25, 0.3) is 5.56 Å². The fourth-order valence-corrected chi connectivity index (χ4v) is 3.69. The fraction of sp³-hybridized carbons (Fsp3) is 0.562. The summed E-state index contributed by atoms with van der Waals surface area (Å²) >= 11 is 1.19. The summed E-state index contributed by atoms with van der Waals surface area (Å²) < 4.78 is 7.22. The van der Waals surface area contributed by atoms with Crippen molar-refractivity contribution in [3.05, 3.63) is 26.7 Å². The van der Waals surface area contributed by atoms with Crippen molar-refractivity contribution in [3.63, 3.8) is 0 Å². The number of fused-ring (bicyclic) bond motifs is 1. The van der Waals surface area contributed by atoms with E-state index in [1.807, 2.05) is 6.92 Å². The minimum atomic E-state index is -0.475. The molecule has 2 aromatic heterocycles. The predicted octanol–water partition coefficient (Wildman–Crippen LogP) is 0.948. The minimum absolute atomic E-state index is 0.251. The molecule has 1 saturated carbocycles. The largest absolute Gasteiger partial charge is 0.468 e. The van der Waals surface area contributed by atoms with Crippen molar-refractivity contribution < 1.29 is 9.53 Å². The molecule has 0 bridgehead atoms. The SMILES string of the molecule is CC[C@@H](Sc1nc(C2CC2)nc2c1c(=O)n(C)c(=O)n2C)C(=O)OC. The lowest BCUT2D eigenvalue weighted by Crippen LogP contribution is -2.38. The zero-order chi connectivity index (χ0) is 18.3. The van der Waals surface area contributed by atoms with Crippen LogP contribution in [0.5, 0.6) is 0 Å². The zero-order valence-electron chi connectivity index (χ0n) is 14.6. The topological polar surface area (TPSA) is 96.1 Å². The molecule has 1 aliphatic carbocycles. The van der Waals surface area contributed by atoms with Gasteiger partial charge in [0.15, 0.2) is 5.65 Å². The van der Waals surface area contributed by atoms with Crippen LogP contribution in [0.15, 0.2) is 14.6 Å². The van der Waals surface area contributed by atoms with E-state index in [1.165, 1.54) is 30.5 Å². The third kappa shape index (κ3) is 3.08. The number of ether oxygens (including phenoxy) is 1. The van der Waals surface area contributed by atoms with Crippen LogP contribution >= 0.6 is 11.8 Å². The van der Waals surface area contributed by atoms with Gasteiger partial charge in [-0.2, -0.15) is 0 Å². The molecule has 0 N–H and O–H groups in total. The zero-order valence-corrected chi connectivity index (χ0v) is 15.4. The van der Waals surface area contributed by atoms with E-state index in [-0.39, 0.29) is 17.3 Å². The second-order valence-corrected chi connectivity index (χ2v) is 7.29. The number of hydrogen-bond donors (Lipinski definition) is 0. The van der Waals surface area contributed by atoms with E-state index in [4.69, 9.17) is 4.74 Å². The lowest BCUT2D eigenvalue weighted by molar-refractivity contribution is -0.140. The van der Waals surface area contributed by atoms with Crippen LogP contribution < -0.4 is 11.2 Å². The van der Waals surface area contributed by atoms with E-state index in [1.54, 1.807) is 7.05 Å². The number of carbonyl (C=O) groups excluding carboxylic acids is 1. The molecule has 134 valence electrons. The third-order valence-corrected chi connectivity index (χ3v) is 5.64. The van der Waals surface area contributed by atoms with E-state index in [9.17, 15) is 14.4 Å². The molecule has 0 aromatic carbocycles. The molecule has 2 aromatic rings. The Morgan fingerprint density at radius 1 is 1.28 bits per heavy atom. The van der Waals surface area contributed by atoms with Gasteiger partial charge in [0.1, 0.15) is 21.5 Å². The standard InChI is InChI=1S/C16H20N4O4S/c1-5-9(15(22)24-4)25-13-10-12(17-11(18-13)8-6-7-8)19(2)16(23)20(3)14(10)21/h8-9H,5-7H2,1-4H3/t9-/m1/s1. The van der Waals surface area contributed by atoms with Crippen LogP contribution in [0.25, 0.3) is 11.0 Å². The first-order valence-corrected chi connectivity index (χ1v) is 8.99. The summed E-state index contributed by atoms with van der Waals surface area (Å²) in [6.45, 7) is 1.87. The van der Waals surface area contributed by atoms with Crippen LogP contribution in [0.3, 0.4) is 0 Å². The number of thioether (sulfide) groups is 1. The Morgan fingerprint density at radius 3 is 2.52 bits per heavy atom. The molecular formula is C16H20N4O4S. The van der Waals surface area contributed by atoms with E-state index in [0.717, 1.165) is 17.4 Å². The highest BCUT2D eigenvalue weighted by Gasteiger charge is 2.30. The van der Waals surface area contributed by atoms with Gasteiger partial charge in [-0.25, -0.2) is 14.8 Å². The van der Waals surface area contributed by atoms with Gasteiger partial charge in [-0.05, 0) is 19.3 Å². The molecule has 0 spiro atoms. The van der Waals surface area contributed by atoms with Crippen molar-refractivity contribution in [2.24, 2.45) is 14.1 Å². The van der Waals surface area contributed by atoms with Crippen LogP contribution in [0.4, 0.5) is 0 Å². The van der Waals surface area contributed by atoms with Crippen molar-refractivity contribution in [1.29, 1.82) is 0 Å². The maximum Gasteiger partial charge on any atom is 0.332 e. The predicted molar refractivity (Wildman–Crippen MR) is 93.9 cm³/mol. The quantitative estimate of drug-likeness (QED) is 0.443. The summed E-state index contributed by atoms with van der Waals surface area (Å²) in [7, 11) is 4.34. The number of aromatic nitrogens is 4. The van der Waals surface area contributed by atoms with Gasteiger partial charge in [0.05, 0.1) is 7.11 Å². The summed E-state index contributed by atoms with van der Waals surface area (Å²) in [5.41, 5.74) is -0.580. The number of carbonyl (C=O) groups is 1. The van der Waals surface area contributed by atoms with Gasteiger partial charge in [0.2, 0.25) is 0 Å². The molecule has 0 unspecified atom stereocenters. The number of methoxy groups -OCH3 is 1. The van der Waals surface area contributed by atoms with Crippen molar-refractivity contribution in [2.75, 3.05) is 7.11 Å². The van der Waals surface area contributed by atoms with Gasteiger partial charge in [-0.3, -0.25) is 18.7 Å². The number of rotatable bonds is 5. The van der Waals surface area contributed by atoms with Crippen molar-refractivity contribution in [1.82, 2.24) is 19.1 Å². The molecule has 2 heterocycles. The highest BCUT2D eigenvalue weighted by Crippen LogP contribution is 2.40. The van der Waals surface area contributed by atoms with Crippen molar-refractivity contribution in [2.45, 2.75) is 42.4 Å². The lowest BCUT2D eigenvalue weighted by atomic mass is 10.3. The molecule has 1 fully saturated rings. The molecule has 3 rings (SSSR count). The Balaban J connectivity index is 2.27. The minimum Gasteiger partial charge on any atom is -0.468 e. The molecule has 1 aliphatic rings. The number of nitrogens with zero attached hydrogens (tertiary/aromatic N) is 4. The summed E-state index contributed by atoms with van der Waals surface area (Å²) in [6.07, 6.45) is 2.51.